The SMILES string of the molecule is CCOC(=O)Cc1coc2cc(Oc3ccc(-c4ccnn4COCC[Si](C)(C)C)cn3)ccc12. The van der Waals surface area contributed by atoms with Crippen LogP contribution >= 0.6 is 0 Å². The Labute approximate surface area is 205 Å². The van der Waals surface area contributed by atoms with Gasteiger partial charge in [-0.3, -0.25) is 4.79 Å². The van der Waals surface area contributed by atoms with E-state index in [9.17, 15) is 4.79 Å². The number of benzene rings is 1. The van der Waals surface area contributed by atoms with Crippen LogP contribution in [0.25, 0.3) is 22.2 Å². The normalized spacial score (nSPS) is 11.7. The molecule has 0 fully saturated rings. The van der Waals surface area contributed by atoms with E-state index in [1.807, 2.05) is 35.0 Å². The summed E-state index contributed by atoms with van der Waals surface area (Å²) in [6, 6.07) is 12.3. The lowest BCUT2D eigenvalue weighted by atomic mass is 10.1. The van der Waals surface area contributed by atoms with Gasteiger partial charge in [0.2, 0.25) is 5.88 Å². The highest BCUT2D eigenvalue weighted by molar-refractivity contribution is 6.76. The van der Waals surface area contributed by atoms with Crippen LogP contribution in [0, 0.1) is 0 Å². The Morgan fingerprint density at radius 3 is 2.74 bits per heavy atom. The largest absolute Gasteiger partial charge is 0.466 e. The molecular formula is C26H31N3O5Si. The number of fused-ring (bicyclic) bond motifs is 1. The van der Waals surface area contributed by atoms with E-state index in [0.717, 1.165) is 34.9 Å². The number of hydrogen-bond acceptors (Lipinski definition) is 7. The van der Waals surface area contributed by atoms with Gasteiger partial charge < -0.3 is 18.6 Å². The van der Waals surface area contributed by atoms with Gasteiger partial charge in [0.25, 0.3) is 0 Å². The third kappa shape index (κ3) is 6.58. The Bertz CT molecular complexity index is 1270. The molecular weight excluding hydrogens is 462 g/mol. The molecule has 0 aliphatic heterocycles. The van der Waals surface area contributed by atoms with Crippen LogP contribution in [-0.4, -0.2) is 42.0 Å². The van der Waals surface area contributed by atoms with Crippen LogP contribution in [-0.2, 0) is 27.4 Å². The number of pyridine rings is 1. The standard InChI is InChI=1S/C26H31N3O5Si/c1-5-32-26(30)14-20-17-33-24-15-21(7-8-22(20)24)34-25-9-6-19(16-27-25)23-10-11-28-29(23)18-31-12-13-35(2,3)4/h6-11,15-17H,5,12-14,18H2,1-4H3. The molecule has 4 rings (SSSR count). The average Bonchev–Trinajstić information content (AvgIpc) is 3.44. The molecule has 184 valence electrons. The first-order chi connectivity index (χ1) is 16.8. The number of furan rings is 1. The van der Waals surface area contributed by atoms with E-state index in [4.69, 9.17) is 18.6 Å². The summed E-state index contributed by atoms with van der Waals surface area (Å²) in [6.45, 7) is 10.3. The fourth-order valence-corrected chi connectivity index (χ4v) is 4.31. The molecule has 0 aliphatic rings. The molecule has 3 heterocycles. The molecule has 35 heavy (non-hydrogen) atoms. The van der Waals surface area contributed by atoms with Crippen molar-refractivity contribution in [2.45, 2.75) is 45.8 Å². The first kappa shape index (κ1) is 24.7. The highest BCUT2D eigenvalue weighted by atomic mass is 28.3. The minimum absolute atomic E-state index is 0.171. The van der Waals surface area contributed by atoms with E-state index in [1.165, 1.54) is 0 Å². The minimum Gasteiger partial charge on any atom is -0.466 e. The summed E-state index contributed by atoms with van der Waals surface area (Å²) in [5.41, 5.74) is 3.28. The van der Waals surface area contributed by atoms with Gasteiger partial charge in [0.15, 0.2) is 0 Å². The van der Waals surface area contributed by atoms with E-state index in [2.05, 4.69) is 29.7 Å². The summed E-state index contributed by atoms with van der Waals surface area (Å²) in [5, 5.41) is 5.24. The van der Waals surface area contributed by atoms with E-state index in [0.29, 0.717) is 30.6 Å². The second-order valence-corrected chi connectivity index (χ2v) is 15.1. The first-order valence-electron chi connectivity index (χ1n) is 11.7. The van der Waals surface area contributed by atoms with Crippen molar-refractivity contribution < 1.29 is 23.4 Å². The van der Waals surface area contributed by atoms with Crippen LogP contribution in [0.5, 0.6) is 11.6 Å². The van der Waals surface area contributed by atoms with Crippen LogP contribution in [0.4, 0.5) is 0 Å². The maximum absolute atomic E-state index is 11.8. The molecule has 8 nitrogen and oxygen atoms in total. The van der Waals surface area contributed by atoms with Crippen molar-refractivity contribution in [1.82, 2.24) is 14.8 Å². The molecule has 0 N–H and O–H groups in total. The van der Waals surface area contributed by atoms with E-state index in [1.54, 1.807) is 31.6 Å². The Balaban J connectivity index is 1.39. The lowest BCUT2D eigenvalue weighted by Crippen LogP contribution is -2.22. The van der Waals surface area contributed by atoms with Crippen molar-refractivity contribution in [2.75, 3.05) is 13.2 Å². The summed E-state index contributed by atoms with van der Waals surface area (Å²) >= 11 is 0. The molecule has 0 amide bonds. The molecule has 1 aromatic carbocycles. The predicted octanol–water partition coefficient (Wildman–Crippen LogP) is 5.90. The molecule has 3 aromatic heterocycles. The van der Waals surface area contributed by atoms with Crippen LogP contribution in [0.3, 0.4) is 0 Å². The van der Waals surface area contributed by atoms with E-state index in [-0.39, 0.29) is 12.4 Å². The van der Waals surface area contributed by atoms with Crippen molar-refractivity contribution >= 4 is 25.0 Å². The van der Waals surface area contributed by atoms with Crippen LogP contribution in [0.15, 0.2) is 59.5 Å². The van der Waals surface area contributed by atoms with Crippen LogP contribution in [0.2, 0.25) is 25.7 Å². The zero-order chi connectivity index (χ0) is 24.8. The number of aromatic nitrogens is 3. The van der Waals surface area contributed by atoms with Gasteiger partial charge in [-0.2, -0.15) is 5.10 Å². The van der Waals surface area contributed by atoms with E-state index < -0.39 is 8.07 Å². The lowest BCUT2D eigenvalue weighted by molar-refractivity contribution is -0.142. The molecule has 0 aliphatic carbocycles. The van der Waals surface area contributed by atoms with E-state index >= 15 is 0 Å². The first-order valence-corrected chi connectivity index (χ1v) is 15.4. The summed E-state index contributed by atoms with van der Waals surface area (Å²) in [6.07, 6.45) is 5.27. The summed E-state index contributed by atoms with van der Waals surface area (Å²) < 4.78 is 24.2. The Morgan fingerprint density at radius 1 is 1.14 bits per heavy atom. The predicted molar refractivity (Wildman–Crippen MR) is 136 cm³/mol. The number of rotatable bonds is 11. The molecule has 9 heteroatoms. The summed E-state index contributed by atoms with van der Waals surface area (Å²) in [5.74, 6) is 0.777. The summed E-state index contributed by atoms with van der Waals surface area (Å²) in [7, 11) is -1.12. The number of nitrogens with zero attached hydrogens (tertiary/aromatic N) is 3. The highest BCUT2D eigenvalue weighted by Gasteiger charge is 2.14. The van der Waals surface area contributed by atoms with Gasteiger partial charge in [0.05, 0.1) is 25.0 Å². The molecule has 0 saturated heterocycles. The third-order valence-corrected chi connectivity index (χ3v) is 7.15. The second kappa shape index (κ2) is 10.9. The van der Waals surface area contributed by atoms with Gasteiger partial charge in [-0.15, -0.1) is 0 Å². The average molecular weight is 494 g/mol. The Hall–Kier alpha value is -3.43. The topological polar surface area (TPSA) is 88.6 Å². The zero-order valence-corrected chi connectivity index (χ0v) is 21.6. The number of hydrogen-bond donors (Lipinski definition) is 0. The van der Waals surface area contributed by atoms with Crippen molar-refractivity contribution in [3.05, 3.63) is 60.6 Å². The quantitative estimate of drug-likeness (QED) is 0.146. The van der Waals surface area contributed by atoms with Gasteiger partial charge >= 0.3 is 5.97 Å². The monoisotopic (exact) mass is 493 g/mol. The third-order valence-electron chi connectivity index (χ3n) is 5.45. The number of carbonyl (C=O) groups excluding carboxylic acids is 1. The van der Waals surface area contributed by atoms with Crippen molar-refractivity contribution in [1.29, 1.82) is 0 Å². The highest BCUT2D eigenvalue weighted by Crippen LogP contribution is 2.29. The van der Waals surface area contributed by atoms with Crippen LogP contribution in [0.1, 0.15) is 12.5 Å². The molecule has 0 spiro atoms. The van der Waals surface area contributed by atoms with Gasteiger partial charge in [-0.25, -0.2) is 9.67 Å². The fraction of sp³-hybridized carbons (Fsp3) is 0.346. The summed E-state index contributed by atoms with van der Waals surface area (Å²) in [4.78, 5) is 16.2. The smallest absolute Gasteiger partial charge is 0.310 e. The number of ether oxygens (including phenoxy) is 3. The maximum Gasteiger partial charge on any atom is 0.310 e. The molecule has 0 unspecified atom stereocenters. The Morgan fingerprint density at radius 2 is 2.00 bits per heavy atom. The zero-order valence-electron chi connectivity index (χ0n) is 20.6. The molecule has 0 saturated carbocycles. The van der Waals surface area contributed by atoms with Crippen molar-refractivity contribution in [3.8, 4) is 22.9 Å². The number of carbonyl (C=O) groups is 1. The molecule has 0 atom stereocenters. The Kier molecular flexibility index (Phi) is 7.67. The van der Waals surface area contributed by atoms with Crippen LogP contribution < -0.4 is 4.74 Å². The number of esters is 1. The van der Waals surface area contributed by atoms with Crippen molar-refractivity contribution in [2.24, 2.45) is 0 Å². The van der Waals surface area contributed by atoms with Gasteiger partial charge in [-0.1, -0.05) is 19.6 Å². The minimum atomic E-state index is -1.12. The molecule has 0 bridgehead atoms. The van der Waals surface area contributed by atoms with Crippen molar-refractivity contribution in [3.63, 3.8) is 0 Å². The maximum atomic E-state index is 11.8. The second-order valence-electron chi connectivity index (χ2n) is 9.45. The van der Waals surface area contributed by atoms with Gasteiger partial charge in [0.1, 0.15) is 18.1 Å². The van der Waals surface area contributed by atoms with Gasteiger partial charge in [0, 0.05) is 55.7 Å². The fourth-order valence-electron chi connectivity index (χ4n) is 3.55. The van der Waals surface area contributed by atoms with Gasteiger partial charge in [-0.05, 0) is 37.2 Å². The molecule has 4 aromatic rings. The molecule has 0 radical (unpaired) electrons. The lowest BCUT2D eigenvalue weighted by Gasteiger charge is -2.16.